The lowest BCUT2D eigenvalue weighted by atomic mass is 9.92. The van der Waals surface area contributed by atoms with Crippen molar-refractivity contribution in [2.24, 2.45) is 0 Å². The molecule has 2 N–H and O–H groups in total. The Balaban J connectivity index is 2.01. The van der Waals surface area contributed by atoms with Gasteiger partial charge >= 0.3 is 0 Å². The van der Waals surface area contributed by atoms with Gasteiger partial charge < -0.3 is 15.2 Å². The van der Waals surface area contributed by atoms with Gasteiger partial charge in [0.2, 0.25) is 0 Å². The molecule has 0 aromatic heterocycles. The molecule has 1 aliphatic rings. The summed E-state index contributed by atoms with van der Waals surface area (Å²) >= 11 is 0. The van der Waals surface area contributed by atoms with Crippen LogP contribution in [0.3, 0.4) is 0 Å². The molecule has 2 rings (SSSR count). The van der Waals surface area contributed by atoms with Crippen LogP contribution in [0.1, 0.15) is 25.3 Å². The number of ether oxygens (including phenoxy) is 1. The van der Waals surface area contributed by atoms with E-state index >= 15 is 0 Å². The molecule has 0 aliphatic carbocycles. The molecule has 3 nitrogen and oxygen atoms in total. The van der Waals surface area contributed by atoms with Gasteiger partial charge in [0.15, 0.2) is 0 Å². The first-order chi connectivity index (χ1) is 8.64. The monoisotopic (exact) mass is 253 g/mol. The Labute approximate surface area is 107 Å². The number of aliphatic hydroxyl groups excluding tert-OH is 1. The van der Waals surface area contributed by atoms with Gasteiger partial charge in [-0.2, -0.15) is 0 Å². The molecule has 2 atom stereocenters. The zero-order valence-corrected chi connectivity index (χ0v) is 10.7. The molecule has 1 fully saturated rings. The molecule has 1 saturated heterocycles. The van der Waals surface area contributed by atoms with Crippen molar-refractivity contribution in [2.75, 3.05) is 19.8 Å². The van der Waals surface area contributed by atoms with Gasteiger partial charge in [0.05, 0.1) is 18.2 Å². The molecule has 1 aromatic carbocycles. The van der Waals surface area contributed by atoms with Gasteiger partial charge in [0.1, 0.15) is 5.82 Å². The molecule has 0 radical (unpaired) electrons. The summed E-state index contributed by atoms with van der Waals surface area (Å²) in [5.41, 5.74) is 0.323. The molecule has 0 bridgehead atoms. The van der Waals surface area contributed by atoms with Gasteiger partial charge in [-0.1, -0.05) is 12.1 Å². The highest BCUT2D eigenvalue weighted by Gasteiger charge is 2.27. The molecule has 1 heterocycles. The maximum Gasteiger partial charge on any atom is 0.123 e. The van der Waals surface area contributed by atoms with Crippen molar-refractivity contribution in [3.05, 3.63) is 35.6 Å². The van der Waals surface area contributed by atoms with Gasteiger partial charge in [0.25, 0.3) is 0 Å². The molecule has 0 saturated carbocycles. The van der Waals surface area contributed by atoms with Crippen LogP contribution in [0.15, 0.2) is 24.3 Å². The minimum absolute atomic E-state index is 0.0364. The Bertz CT molecular complexity index is 376. The average molecular weight is 253 g/mol. The van der Waals surface area contributed by atoms with Crippen molar-refractivity contribution >= 4 is 0 Å². The van der Waals surface area contributed by atoms with Crippen molar-refractivity contribution in [3.8, 4) is 0 Å². The lowest BCUT2D eigenvalue weighted by Gasteiger charge is -2.30. The standard InChI is InChI=1S/C14H20FNO2/c1-14(10-17,11-4-6-12(15)7-5-11)16-9-13-3-2-8-18-13/h4-7,13,16-17H,2-3,8-10H2,1H3. The number of hydrogen-bond donors (Lipinski definition) is 2. The highest BCUT2D eigenvalue weighted by atomic mass is 19.1. The first-order valence-electron chi connectivity index (χ1n) is 6.37. The Hall–Kier alpha value is -0.970. The van der Waals surface area contributed by atoms with Gasteiger partial charge in [-0.25, -0.2) is 4.39 Å². The quantitative estimate of drug-likeness (QED) is 0.841. The molecule has 0 spiro atoms. The zero-order valence-electron chi connectivity index (χ0n) is 10.7. The number of rotatable bonds is 5. The Kier molecular flexibility index (Phi) is 4.32. The Morgan fingerprint density at radius 1 is 1.44 bits per heavy atom. The topological polar surface area (TPSA) is 41.5 Å². The van der Waals surface area contributed by atoms with Crippen molar-refractivity contribution in [2.45, 2.75) is 31.4 Å². The molecule has 0 amide bonds. The third-order valence-corrected chi connectivity index (χ3v) is 3.54. The summed E-state index contributed by atoms with van der Waals surface area (Å²) in [5, 5.41) is 12.9. The summed E-state index contributed by atoms with van der Waals surface area (Å²) < 4.78 is 18.5. The maximum absolute atomic E-state index is 12.9. The van der Waals surface area contributed by atoms with Crippen LogP contribution >= 0.6 is 0 Å². The summed E-state index contributed by atoms with van der Waals surface area (Å²) in [4.78, 5) is 0. The van der Waals surface area contributed by atoms with Crippen LogP contribution in [0.4, 0.5) is 4.39 Å². The zero-order chi connectivity index (χ0) is 13.0. The van der Waals surface area contributed by atoms with Crippen LogP contribution in [0.25, 0.3) is 0 Å². The van der Waals surface area contributed by atoms with E-state index in [4.69, 9.17) is 4.74 Å². The predicted molar refractivity (Wildman–Crippen MR) is 67.8 cm³/mol. The van der Waals surface area contributed by atoms with Crippen LogP contribution in [0, 0.1) is 5.82 Å². The third-order valence-electron chi connectivity index (χ3n) is 3.54. The number of benzene rings is 1. The smallest absolute Gasteiger partial charge is 0.123 e. The fourth-order valence-corrected chi connectivity index (χ4v) is 2.21. The second kappa shape index (κ2) is 5.78. The van der Waals surface area contributed by atoms with E-state index in [-0.39, 0.29) is 18.5 Å². The van der Waals surface area contributed by atoms with E-state index in [1.807, 2.05) is 6.92 Å². The highest BCUT2D eigenvalue weighted by molar-refractivity contribution is 5.24. The van der Waals surface area contributed by atoms with E-state index in [2.05, 4.69) is 5.32 Å². The van der Waals surface area contributed by atoms with Crippen LogP contribution in [0.2, 0.25) is 0 Å². The van der Waals surface area contributed by atoms with E-state index in [1.54, 1.807) is 12.1 Å². The van der Waals surface area contributed by atoms with E-state index in [9.17, 15) is 9.50 Å². The van der Waals surface area contributed by atoms with E-state index in [0.717, 1.165) is 25.0 Å². The van der Waals surface area contributed by atoms with E-state index in [1.165, 1.54) is 12.1 Å². The summed E-state index contributed by atoms with van der Waals surface area (Å²) in [6, 6.07) is 6.23. The Morgan fingerprint density at radius 2 is 2.17 bits per heavy atom. The van der Waals surface area contributed by atoms with Crippen LogP contribution in [0.5, 0.6) is 0 Å². The van der Waals surface area contributed by atoms with Crippen molar-refractivity contribution in [1.82, 2.24) is 5.32 Å². The van der Waals surface area contributed by atoms with Gasteiger partial charge in [-0.05, 0) is 37.5 Å². The van der Waals surface area contributed by atoms with Gasteiger partial charge in [0, 0.05) is 13.2 Å². The molecule has 2 unspecified atom stereocenters. The highest BCUT2D eigenvalue weighted by Crippen LogP contribution is 2.21. The molecule has 100 valence electrons. The average Bonchev–Trinajstić information content (AvgIpc) is 2.90. The first-order valence-corrected chi connectivity index (χ1v) is 6.37. The SMILES string of the molecule is CC(CO)(NCC1CCCO1)c1ccc(F)cc1. The molecule has 4 heteroatoms. The summed E-state index contributed by atoms with van der Waals surface area (Å²) in [6.45, 7) is 3.40. The summed E-state index contributed by atoms with van der Waals surface area (Å²) in [5.74, 6) is -0.266. The third kappa shape index (κ3) is 3.07. The first kappa shape index (κ1) is 13.5. The summed E-state index contributed by atoms with van der Waals surface area (Å²) in [6.07, 6.45) is 2.37. The lowest BCUT2D eigenvalue weighted by molar-refractivity contribution is 0.0910. The lowest BCUT2D eigenvalue weighted by Crippen LogP contribution is -2.46. The fraction of sp³-hybridized carbons (Fsp3) is 0.571. The van der Waals surface area contributed by atoms with E-state index in [0.29, 0.717) is 6.54 Å². The summed E-state index contributed by atoms with van der Waals surface area (Å²) in [7, 11) is 0. The maximum atomic E-state index is 12.9. The normalized spacial score (nSPS) is 22.9. The second-order valence-corrected chi connectivity index (χ2v) is 5.01. The minimum Gasteiger partial charge on any atom is -0.394 e. The van der Waals surface area contributed by atoms with Crippen LogP contribution in [-0.4, -0.2) is 31.0 Å². The molecule has 18 heavy (non-hydrogen) atoms. The van der Waals surface area contributed by atoms with Gasteiger partial charge in [-0.3, -0.25) is 0 Å². The number of nitrogens with one attached hydrogen (secondary N) is 1. The largest absolute Gasteiger partial charge is 0.394 e. The Morgan fingerprint density at radius 3 is 2.72 bits per heavy atom. The number of halogens is 1. The second-order valence-electron chi connectivity index (χ2n) is 5.01. The predicted octanol–water partition coefficient (Wildman–Crippen LogP) is 1.80. The van der Waals surface area contributed by atoms with Crippen molar-refractivity contribution < 1.29 is 14.2 Å². The molecular weight excluding hydrogens is 233 g/mol. The molecule has 1 aliphatic heterocycles. The molecule has 1 aromatic rings. The number of aliphatic hydroxyl groups is 1. The van der Waals surface area contributed by atoms with Crippen molar-refractivity contribution in [1.29, 1.82) is 0 Å². The number of hydrogen-bond acceptors (Lipinski definition) is 3. The van der Waals surface area contributed by atoms with Crippen LogP contribution in [-0.2, 0) is 10.3 Å². The van der Waals surface area contributed by atoms with E-state index < -0.39 is 5.54 Å². The molecular formula is C14H20FNO2. The van der Waals surface area contributed by atoms with Crippen LogP contribution < -0.4 is 5.32 Å². The fourth-order valence-electron chi connectivity index (χ4n) is 2.21. The van der Waals surface area contributed by atoms with Gasteiger partial charge in [-0.15, -0.1) is 0 Å². The van der Waals surface area contributed by atoms with Crippen molar-refractivity contribution in [3.63, 3.8) is 0 Å². The minimum atomic E-state index is -0.556.